The van der Waals surface area contributed by atoms with E-state index in [9.17, 15) is 0 Å². The molecule has 0 N–H and O–H groups in total. The van der Waals surface area contributed by atoms with Gasteiger partial charge in [-0.25, -0.2) is 0 Å². The molecule has 0 aliphatic heterocycles. The van der Waals surface area contributed by atoms with Crippen LogP contribution in [0.1, 0.15) is 29.8 Å². The first-order chi connectivity index (χ1) is 7.69. The van der Waals surface area contributed by atoms with Gasteiger partial charge >= 0.3 is 0 Å². The number of furan rings is 2. The van der Waals surface area contributed by atoms with E-state index in [1.807, 2.05) is 31.2 Å². The maximum Gasteiger partial charge on any atom is 0.193 e. The minimum absolute atomic E-state index is 0.393. The highest BCUT2D eigenvalue weighted by Crippen LogP contribution is 2.19. The maximum atomic E-state index is 5.67. The molecule has 0 unspecified atom stereocenters. The van der Waals surface area contributed by atoms with Crippen molar-refractivity contribution in [2.24, 2.45) is 0 Å². The molecule has 0 spiro atoms. The van der Waals surface area contributed by atoms with Crippen molar-refractivity contribution in [3.63, 3.8) is 0 Å². The molecule has 2 heterocycles. The van der Waals surface area contributed by atoms with E-state index in [4.69, 9.17) is 20.4 Å². The molecule has 0 atom stereocenters. The van der Waals surface area contributed by atoms with Crippen molar-refractivity contribution in [1.29, 1.82) is 0 Å². The SMILES string of the molecule is CCc1cc(/C=C/c2ccc(Cl)o2)oc1C. The highest BCUT2D eigenvalue weighted by Gasteiger charge is 2.03. The van der Waals surface area contributed by atoms with Crippen molar-refractivity contribution in [2.75, 3.05) is 0 Å². The van der Waals surface area contributed by atoms with E-state index in [-0.39, 0.29) is 0 Å². The highest BCUT2D eigenvalue weighted by atomic mass is 35.5. The first-order valence-corrected chi connectivity index (χ1v) is 5.59. The van der Waals surface area contributed by atoms with Crippen LogP contribution in [0.5, 0.6) is 0 Å². The Hall–Kier alpha value is -1.41. The van der Waals surface area contributed by atoms with Crippen molar-refractivity contribution >= 4 is 23.8 Å². The monoisotopic (exact) mass is 236 g/mol. The predicted molar refractivity (Wildman–Crippen MR) is 65.5 cm³/mol. The number of halogens is 1. The first kappa shape index (κ1) is 11.1. The number of hydrogen-bond donors (Lipinski definition) is 0. The Kier molecular flexibility index (Phi) is 3.20. The zero-order valence-corrected chi connectivity index (χ0v) is 10.0. The Morgan fingerprint density at radius 1 is 1.19 bits per heavy atom. The largest absolute Gasteiger partial charge is 0.462 e. The van der Waals surface area contributed by atoms with Gasteiger partial charge in [-0.15, -0.1) is 0 Å². The lowest BCUT2D eigenvalue weighted by atomic mass is 10.2. The third-order valence-corrected chi connectivity index (χ3v) is 2.63. The molecule has 0 fully saturated rings. The molecule has 0 amide bonds. The van der Waals surface area contributed by atoms with Gasteiger partial charge in [0.2, 0.25) is 0 Å². The topological polar surface area (TPSA) is 26.3 Å². The zero-order chi connectivity index (χ0) is 11.5. The molecule has 2 nitrogen and oxygen atoms in total. The summed E-state index contributed by atoms with van der Waals surface area (Å²) < 4.78 is 10.8. The molecule has 2 aromatic heterocycles. The van der Waals surface area contributed by atoms with Gasteiger partial charge in [-0.1, -0.05) is 6.92 Å². The lowest BCUT2D eigenvalue weighted by Gasteiger charge is -1.86. The molecule has 0 saturated heterocycles. The molecule has 3 heteroatoms. The minimum atomic E-state index is 0.393. The lowest BCUT2D eigenvalue weighted by molar-refractivity contribution is 0.521. The van der Waals surface area contributed by atoms with Gasteiger partial charge in [0.1, 0.15) is 17.3 Å². The van der Waals surface area contributed by atoms with Crippen LogP contribution >= 0.6 is 11.6 Å². The van der Waals surface area contributed by atoms with E-state index in [0.29, 0.717) is 5.22 Å². The minimum Gasteiger partial charge on any atom is -0.462 e. The third-order valence-electron chi connectivity index (χ3n) is 2.43. The fraction of sp³-hybridized carbons (Fsp3) is 0.231. The quantitative estimate of drug-likeness (QED) is 0.781. The van der Waals surface area contributed by atoms with Gasteiger partial charge in [-0.3, -0.25) is 0 Å². The summed E-state index contributed by atoms with van der Waals surface area (Å²) in [4.78, 5) is 0. The summed E-state index contributed by atoms with van der Waals surface area (Å²) in [6.45, 7) is 4.08. The van der Waals surface area contributed by atoms with Crippen LogP contribution < -0.4 is 0 Å². The van der Waals surface area contributed by atoms with Gasteiger partial charge in [-0.2, -0.15) is 0 Å². The first-order valence-electron chi connectivity index (χ1n) is 5.21. The van der Waals surface area contributed by atoms with Crippen molar-refractivity contribution in [3.8, 4) is 0 Å². The van der Waals surface area contributed by atoms with Crippen LogP contribution in [-0.4, -0.2) is 0 Å². The van der Waals surface area contributed by atoms with E-state index < -0.39 is 0 Å². The molecule has 0 saturated carbocycles. The Morgan fingerprint density at radius 2 is 1.94 bits per heavy atom. The molecule has 0 aliphatic carbocycles. The summed E-state index contributed by atoms with van der Waals surface area (Å²) in [6, 6.07) is 5.57. The Balaban J connectivity index is 2.17. The molecule has 0 aromatic carbocycles. The van der Waals surface area contributed by atoms with E-state index in [1.54, 1.807) is 6.07 Å². The average Bonchev–Trinajstić information content (AvgIpc) is 2.82. The third kappa shape index (κ3) is 2.39. The molecule has 0 aliphatic rings. The summed E-state index contributed by atoms with van der Waals surface area (Å²) in [6.07, 6.45) is 4.70. The average molecular weight is 237 g/mol. The molecular formula is C13H13ClO2. The van der Waals surface area contributed by atoms with Crippen LogP contribution in [0.4, 0.5) is 0 Å². The van der Waals surface area contributed by atoms with Gasteiger partial charge in [-0.05, 0) is 60.9 Å². The summed E-state index contributed by atoms with van der Waals surface area (Å²) in [7, 11) is 0. The highest BCUT2D eigenvalue weighted by molar-refractivity contribution is 6.28. The van der Waals surface area contributed by atoms with Crippen LogP contribution in [-0.2, 0) is 6.42 Å². The van der Waals surface area contributed by atoms with Crippen molar-refractivity contribution < 1.29 is 8.83 Å². The van der Waals surface area contributed by atoms with Crippen LogP contribution in [0.15, 0.2) is 27.0 Å². The van der Waals surface area contributed by atoms with Crippen molar-refractivity contribution in [2.45, 2.75) is 20.3 Å². The summed E-state index contributed by atoms with van der Waals surface area (Å²) in [5.74, 6) is 2.53. The van der Waals surface area contributed by atoms with E-state index >= 15 is 0 Å². The predicted octanol–water partition coefficient (Wildman–Crippen LogP) is 4.57. The fourth-order valence-corrected chi connectivity index (χ4v) is 1.71. The van der Waals surface area contributed by atoms with E-state index in [2.05, 4.69) is 6.92 Å². The molecule has 0 radical (unpaired) electrons. The molecule has 2 aromatic rings. The van der Waals surface area contributed by atoms with Gasteiger partial charge in [0.25, 0.3) is 0 Å². The van der Waals surface area contributed by atoms with Gasteiger partial charge in [0.05, 0.1) is 0 Å². The summed E-state index contributed by atoms with van der Waals surface area (Å²) in [5.41, 5.74) is 1.23. The number of hydrogen-bond acceptors (Lipinski definition) is 2. The molecule has 16 heavy (non-hydrogen) atoms. The van der Waals surface area contributed by atoms with Crippen LogP contribution in [0.25, 0.3) is 12.2 Å². The standard InChI is InChI=1S/C13H13ClO2/c1-3-10-8-12(15-9(10)2)5-4-11-6-7-13(14)16-11/h4-8H,3H2,1-2H3/b5-4+. The van der Waals surface area contributed by atoms with Crippen molar-refractivity contribution in [3.05, 3.63) is 46.3 Å². The molecular weight excluding hydrogens is 224 g/mol. The van der Waals surface area contributed by atoms with Gasteiger partial charge < -0.3 is 8.83 Å². The van der Waals surface area contributed by atoms with Crippen LogP contribution in [0, 0.1) is 6.92 Å². The van der Waals surface area contributed by atoms with E-state index in [0.717, 1.165) is 23.7 Å². The Bertz CT molecular complexity index is 506. The van der Waals surface area contributed by atoms with Gasteiger partial charge in [0, 0.05) is 0 Å². The summed E-state index contributed by atoms with van der Waals surface area (Å²) in [5, 5.41) is 0.393. The second kappa shape index (κ2) is 4.62. The zero-order valence-electron chi connectivity index (χ0n) is 9.29. The Labute approximate surface area is 99.5 Å². The lowest BCUT2D eigenvalue weighted by Crippen LogP contribution is -1.75. The smallest absolute Gasteiger partial charge is 0.193 e. The fourth-order valence-electron chi connectivity index (χ4n) is 1.56. The van der Waals surface area contributed by atoms with E-state index in [1.165, 1.54) is 5.56 Å². The van der Waals surface area contributed by atoms with Crippen molar-refractivity contribution in [1.82, 2.24) is 0 Å². The summed E-state index contributed by atoms with van der Waals surface area (Å²) >= 11 is 5.67. The van der Waals surface area contributed by atoms with Gasteiger partial charge in [0.15, 0.2) is 5.22 Å². The second-order valence-corrected chi connectivity index (χ2v) is 3.93. The van der Waals surface area contributed by atoms with Crippen LogP contribution in [0.2, 0.25) is 5.22 Å². The van der Waals surface area contributed by atoms with Crippen LogP contribution in [0.3, 0.4) is 0 Å². The maximum absolute atomic E-state index is 5.67. The number of rotatable bonds is 3. The molecule has 84 valence electrons. The molecule has 0 bridgehead atoms. The number of aryl methyl sites for hydroxylation is 2. The molecule has 2 rings (SSSR count). The Morgan fingerprint density at radius 3 is 2.50 bits per heavy atom. The second-order valence-electron chi connectivity index (χ2n) is 3.56. The normalized spacial score (nSPS) is 11.4.